The molecule has 0 aliphatic carbocycles. The minimum absolute atomic E-state index is 0.00743. The molecule has 5 nitrogen and oxygen atoms in total. The van der Waals surface area contributed by atoms with E-state index in [1.807, 2.05) is 4.90 Å². The average Bonchev–Trinajstić information content (AvgIpc) is 2.70. The lowest BCUT2D eigenvalue weighted by atomic mass is 9.96. The van der Waals surface area contributed by atoms with Crippen molar-refractivity contribution in [1.82, 2.24) is 9.97 Å². The molecule has 4 rings (SSSR count). The Morgan fingerprint density at radius 2 is 2.00 bits per heavy atom. The summed E-state index contributed by atoms with van der Waals surface area (Å²) in [6.07, 6.45) is 2.53. The van der Waals surface area contributed by atoms with Gasteiger partial charge in [0, 0.05) is 13.1 Å². The molecule has 2 heterocycles. The maximum atomic E-state index is 14.5. The number of rotatable bonds is 3. The SMILES string of the molecule is O=C(O)C1CCCN(c2ncnc3c(F)ccc(-c4ccc(Cl)c(F)c4)c23)C1. The fourth-order valence-electron chi connectivity index (χ4n) is 3.64. The number of carboxylic acids is 1. The van der Waals surface area contributed by atoms with Crippen LogP contribution in [-0.4, -0.2) is 34.1 Å². The lowest BCUT2D eigenvalue weighted by molar-refractivity contribution is -0.141. The number of carbonyl (C=O) groups is 1. The number of piperidine rings is 1. The minimum atomic E-state index is -0.866. The summed E-state index contributed by atoms with van der Waals surface area (Å²) in [6.45, 7) is 0.868. The third-order valence-electron chi connectivity index (χ3n) is 5.02. The molecule has 1 aromatic heterocycles. The van der Waals surface area contributed by atoms with Crippen LogP contribution in [-0.2, 0) is 4.79 Å². The molecule has 8 heteroatoms. The van der Waals surface area contributed by atoms with Gasteiger partial charge in [0.25, 0.3) is 0 Å². The van der Waals surface area contributed by atoms with Gasteiger partial charge in [-0.25, -0.2) is 18.7 Å². The van der Waals surface area contributed by atoms with Gasteiger partial charge in [0.1, 0.15) is 29.3 Å². The molecule has 0 amide bonds. The first kappa shape index (κ1) is 18.6. The van der Waals surface area contributed by atoms with Crippen LogP contribution in [0.15, 0.2) is 36.7 Å². The van der Waals surface area contributed by atoms with Gasteiger partial charge >= 0.3 is 5.97 Å². The summed E-state index contributed by atoms with van der Waals surface area (Å²) in [4.78, 5) is 21.7. The fraction of sp³-hybridized carbons (Fsp3) is 0.250. The number of halogens is 3. The van der Waals surface area contributed by atoms with Crippen LogP contribution in [0.5, 0.6) is 0 Å². The van der Waals surface area contributed by atoms with Gasteiger partial charge in [-0.05, 0) is 42.2 Å². The van der Waals surface area contributed by atoms with Gasteiger partial charge in [-0.15, -0.1) is 0 Å². The van der Waals surface area contributed by atoms with Crippen molar-refractivity contribution in [1.29, 1.82) is 0 Å². The summed E-state index contributed by atoms with van der Waals surface area (Å²) >= 11 is 5.79. The van der Waals surface area contributed by atoms with Crippen LogP contribution >= 0.6 is 11.6 Å². The summed E-state index contributed by atoms with van der Waals surface area (Å²) in [5, 5.41) is 9.79. The Balaban J connectivity index is 1.91. The Hall–Kier alpha value is -2.80. The molecular formula is C20H16ClF2N3O2. The molecule has 1 saturated heterocycles. The molecule has 1 atom stereocenters. The van der Waals surface area contributed by atoms with E-state index in [0.717, 1.165) is 0 Å². The Labute approximate surface area is 164 Å². The minimum Gasteiger partial charge on any atom is -0.481 e. The highest BCUT2D eigenvalue weighted by molar-refractivity contribution is 6.30. The lowest BCUT2D eigenvalue weighted by Gasteiger charge is -2.32. The quantitative estimate of drug-likeness (QED) is 0.696. The number of hydrogen-bond donors (Lipinski definition) is 1. The molecule has 28 heavy (non-hydrogen) atoms. The highest BCUT2D eigenvalue weighted by atomic mass is 35.5. The normalized spacial score (nSPS) is 17.1. The van der Waals surface area contributed by atoms with Gasteiger partial charge in [-0.3, -0.25) is 4.79 Å². The van der Waals surface area contributed by atoms with Crippen molar-refractivity contribution in [3.05, 3.63) is 53.3 Å². The molecule has 1 unspecified atom stereocenters. The van der Waals surface area contributed by atoms with Gasteiger partial charge < -0.3 is 10.0 Å². The zero-order chi connectivity index (χ0) is 19.8. The number of fused-ring (bicyclic) bond motifs is 1. The first-order valence-electron chi connectivity index (χ1n) is 8.82. The molecule has 0 radical (unpaired) electrons. The molecule has 3 aromatic rings. The van der Waals surface area contributed by atoms with Gasteiger partial charge in [0.05, 0.1) is 16.3 Å². The van der Waals surface area contributed by atoms with Crippen LogP contribution in [0.1, 0.15) is 12.8 Å². The molecule has 0 spiro atoms. The third kappa shape index (κ3) is 3.26. The molecular weight excluding hydrogens is 388 g/mol. The van der Waals surface area contributed by atoms with E-state index in [9.17, 15) is 18.7 Å². The Bertz CT molecular complexity index is 1080. The van der Waals surface area contributed by atoms with Crippen molar-refractivity contribution in [2.75, 3.05) is 18.0 Å². The van der Waals surface area contributed by atoms with Crippen molar-refractivity contribution in [2.45, 2.75) is 12.8 Å². The van der Waals surface area contributed by atoms with Gasteiger partial charge in [0.15, 0.2) is 0 Å². The number of nitrogens with zero attached hydrogens (tertiary/aromatic N) is 3. The Morgan fingerprint density at radius 1 is 1.18 bits per heavy atom. The van der Waals surface area contributed by atoms with E-state index in [1.165, 1.54) is 24.5 Å². The molecule has 1 fully saturated rings. The molecule has 1 aliphatic heterocycles. The maximum Gasteiger partial charge on any atom is 0.308 e. The molecule has 1 aliphatic rings. The van der Waals surface area contributed by atoms with Gasteiger partial charge in [-0.1, -0.05) is 23.7 Å². The summed E-state index contributed by atoms with van der Waals surface area (Å²) in [7, 11) is 0. The summed E-state index contributed by atoms with van der Waals surface area (Å²) in [6, 6.07) is 7.18. The molecule has 2 aromatic carbocycles. The molecule has 0 bridgehead atoms. The van der Waals surface area contributed by atoms with E-state index < -0.39 is 23.5 Å². The molecule has 0 saturated carbocycles. The van der Waals surface area contributed by atoms with E-state index in [2.05, 4.69) is 9.97 Å². The first-order chi connectivity index (χ1) is 13.5. The topological polar surface area (TPSA) is 66.3 Å². The predicted octanol–water partition coefficient (Wildman–Crippen LogP) is 4.53. The standard InChI is InChI=1S/C20H16ClF2N3O2/c21-14-5-3-11(8-16(14)23)13-4-6-15(22)18-17(13)19(25-10-24-18)26-7-1-2-12(9-26)20(27)28/h3-6,8,10,12H,1-2,7,9H2,(H,27,28). The van der Waals surface area contributed by atoms with Crippen LogP contribution in [0.2, 0.25) is 5.02 Å². The monoisotopic (exact) mass is 403 g/mol. The van der Waals surface area contributed by atoms with Crippen LogP contribution in [0.25, 0.3) is 22.0 Å². The highest BCUT2D eigenvalue weighted by Gasteiger charge is 2.28. The van der Waals surface area contributed by atoms with Crippen molar-refractivity contribution in [3.8, 4) is 11.1 Å². The highest BCUT2D eigenvalue weighted by Crippen LogP contribution is 2.37. The number of benzene rings is 2. The van der Waals surface area contributed by atoms with Crippen LogP contribution < -0.4 is 4.90 Å². The number of hydrogen-bond acceptors (Lipinski definition) is 4. The van der Waals surface area contributed by atoms with E-state index in [1.54, 1.807) is 12.1 Å². The van der Waals surface area contributed by atoms with E-state index >= 15 is 0 Å². The first-order valence-corrected chi connectivity index (χ1v) is 9.20. The summed E-state index contributed by atoms with van der Waals surface area (Å²) in [5.41, 5.74) is 1.17. The molecule has 144 valence electrons. The smallest absolute Gasteiger partial charge is 0.308 e. The largest absolute Gasteiger partial charge is 0.481 e. The number of aliphatic carboxylic acids is 1. The maximum absolute atomic E-state index is 14.5. The second kappa shape index (κ2) is 7.31. The van der Waals surface area contributed by atoms with Crippen molar-refractivity contribution in [2.24, 2.45) is 5.92 Å². The zero-order valence-electron chi connectivity index (χ0n) is 14.7. The van der Waals surface area contributed by atoms with Crippen LogP contribution in [0.3, 0.4) is 0 Å². The predicted molar refractivity (Wildman–Crippen MR) is 102 cm³/mol. The lowest BCUT2D eigenvalue weighted by Crippen LogP contribution is -2.39. The van der Waals surface area contributed by atoms with Crippen LogP contribution in [0, 0.1) is 17.6 Å². The van der Waals surface area contributed by atoms with Crippen molar-refractivity contribution in [3.63, 3.8) is 0 Å². The van der Waals surface area contributed by atoms with E-state index in [4.69, 9.17) is 11.6 Å². The van der Waals surface area contributed by atoms with Gasteiger partial charge in [-0.2, -0.15) is 0 Å². The Kier molecular flexibility index (Phi) is 4.85. The van der Waals surface area contributed by atoms with Crippen molar-refractivity contribution >= 4 is 34.3 Å². The van der Waals surface area contributed by atoms with Crippen molar-refractivity contribution < 1.29 is 18.7 Å². The molecule has 1 N–H and O–H groups in total. The summed E-state index contributed by atoms with van der Waals surface area (Å²) in [5.74, 6) is -2.05. The Morgan fingerprint density at radius 3 is 2.75 bits per heavy atom. The van der Waals surface area contributed by atoms with E-state index in [0.29, 0.717) is 41.7 Å². The van der Waals surface area contributed by atoms with Crippen LogP contribution in [0.4, 0.5) is 14.6 Å². The number of carboxylic acid groups (broad SMARTS) is 1. The average molecular weight is 404 g/mol. The third-order valence-corrected chi connectivity index (χ3v) is 5.33. The summed E-state index contributed by atoms with van der Waals surface area (Å²) < 4.78 is 28.5. The number of anilines is 1. The zero-order valence-corrected chi connectivity index (χ0v) is 15.5. The second-order valence-corrected chi connectivity index (χ2v) is 7.18. The second-order valence-electron chi connectivity index (χ2n) is 6.77. The number of aromatic nitrogens is 2. The van der Waals surface area contributed by atoms with Gasteiger partial charge in [0.2, 0.25) is 0 Å². The fourth-order valence-corrected chi connectivity index (χ4v) is 3.76. The van der Waals surface area contributed by atoms with E-state index in [-0.39, 0.29) is 17.1 Å².